The van der Waals surface area contributed by atoms with Crippen molar-refractivity contribution in [1.82, 2.24) is 4.98 Å². The first-order chi connectivity index (χ1) is 7.72. The number of hydrogen-bond donors (Lipinski definition) is 0. The number of carbonyl (C=O) groups is 1. The molecule has 0 saturated heterocycles. The second-order valence-corrected chi connectivity index (χ2v) is 4.77. The zero-order valence-corrected chi connectivity index (χ0v) is 10.2. The molecule has 0 amide bonds. The number of aromatic nitrogens is 1. The number of ketones is 1. The van der Waals surface area contributed by atoms with E-state index in [1.54, 1.807) is 0 Å². The van der Waals surface area contributed by atoms with E-state index >= 15 is 0 Å². The van der Waals surface area contributed by atoms with Crippen LogP contribution in [-0.2, 0) is 6.42 Å². The molecule has 1 heterocycles. The van der Waals surface area contributed by atoms with Crippen molar-refractivity contribution in [3.8, 4) is 0 Å². The number of nitrogens with zero attached hydrogens (tertiary/aromatic N) is 1. The summed E-state index contributed by atoms with van der Waals surface area (Å²) < 4.78 is 0. The Hall–Kier alpha value is -1.48. The van der Waals surface area contributed by atoms with Crippen LogP contribution < -0.4 is 0 Å². The Kier molecular flexibility index (Phi) is 3.15. The van der Waals surface area contributed by atoms with Crippen molar-refractivity contribution in [3.05, 3.63) is 51.5 Å². The van der Waals surface area contributed by atoms with Crippen LogP contribution in [-0.4, -0.2) is 10.8 Å². The summed E-state index contributed by atoms with van der Waals surface area (Å²) in [5, 5.41) is 0.598. The molecule has 3 heteroatoms. The molecule has 1 aromatic carbocycles. The summed E-state index contributed by atoms with van der Waals surface area (Å²) in [4.78, 5) is 17.6. The molecular weight excluding hydrogens is 218 g/mol. The summed E-state index contributed by atoms with van der Waals surface area (Å²) in [5.41, 5.74) is 1.74. The van der Waals surface area contributed by atoms with Gasteiger partial charge in [-0.25, -0.2) is 4.98 Å². The fourth-order valence-corrected chi connectivity index (χ4v) is 2.53. The van der Waals surface area contributed by atoms with Crippen molar-refractivity contribution in [2.75, 3.05) is 0 Å². The molecule has 0 bridgehead atoms. The molecule has 0 aliphatic rings. The topological polar surface area (TPSA) is 30.0 Å². The summed E-state index contributed by atoms with van der Waals surface area (Å²) in [6.45, 7) is 4.07. The molecule has 1 aromatic heterocycles. The van der Waals surface area contributed by atoms with E-state index in [2.05, 4.69) is 11.9 Å². The maximum Gasteiger partial charge on any atom is 0.221 e. The van der Waals surface area contributed by atoms with E-state index in [-0.39, 0.29) is 5.78 Å². The van der Waals surface area contributed by atoms with Gasteiger partial charge in [-0.1, -0.05) is 37.3 Å². The predicted octanol–water partition coefficient (Wildman–Crippen LogP) is 3.24. The monoisotopic (exact) mass is 231 g/mol. The normalized spacial score (nSPS) is 10.4. The summed E-state index contributed by atoms with van der Waals surface area (Å²) in [6.07, 6.45) is 0.879. The van der Waals surface area contributed by atoms with E-state index in [1.807, 2.05) is 37.3 Å². The minimum atomic E-state index is 0.0217. The second kappa shape index (κ2) is 4.58. The number of thiazole rings is 1. The largest absolute Gasteiger partial charge is 0.286 e. The highest BCUT2D eigenvalue weighted by molar-refractivity contribution is 7.13. The van der Waals surface area contributed by atoms with Crippen LogP contribution in [0.25, 0.3) is 0 Å². The van der Waals surface area contributed by atoms with Crippen molar-refractivity contribution in [3.63, 3.8) is 0 Å². The highest BCUT2D eigenvalue weighted by Gasteiger charge is 2.14. The van der Waals surface area contributed by atoms with E-state index in [1.165, 1.54) is 11.3 Å². The molecule has 2 nitrogen and oxygen atoms in total. The molecule has 0 N–H and O–H groups in total. The summed E-state index contributed by atoms with van der Waals surface area (Å²) in [5.74, 6) is 0.0217. The zero-order valence-electron chi connectivity index (χ0n) is 9.36. The molecule has 2 aromatic rings. The lowest BCUT2D eigenvalue weighted by Gasteiger charge is -1.95. The lowest BCUT2D eigenvalue weighted by Crippen LogP contribution is -2.00. The first kappa shape index (κ1) is 11.0. The van der Waals surface area contributed by atoms with E-state index in [4.69, 9.17) is 0 Å². The van der Waals surface area contributed by atoms with Gasteiger partial charge in [0, 0.05) is 10.4 Å². The van der Waals surface area contributed by atoms with Gasteiger partial charge in [-0.3, -0.25) is 4.79 Å². The van der Waals surface area contributed by atoms with Gasteiger partial charge in [0.05, 0.1) is 5.69 Å². The second-order valence-electron chi connectivity index (χ2n) is 3.57. The molecule has 0 aliphatic heterocycles. The SMILES string of the molecule is CCc1nc(C(=O)c2ccccc2)sc1C. The molecular formula is C13H13NOS. The summed E-state index contributed by atoms with van der Waals surface area (Å²) >= 11 is 1.48. The quantitative estimate of drug-likeness (QED) is 0.759. The molecule has 0 fully saturated rings. The van der Waals surface area contributed by atoms with E-state index in [0.29, 0.717) is 10.6 Å². The molecule has 82 valence electrons. The van der Waals surface area contributed by atoms with Gasteiger partial charge in [0.2, 0.25) is 5.78 Å². The minimum absolute atomic E-state index is 0.0217. The Labute approximate surface area is 99.0 Å². The van der Waals surface area contributed by atoms with Crippen LogP contribution in [0.1, 0.15) is 32.9 Å². The van der Waals surface area contributed by atoms with E-state index < -0.39 is 0 Å². The third kappa shape index (κ3) is 2.04. The third-order valence-corrected chi connectivity index (χ3v) is 3.47. The maximum atomic E-state index is 12.1. The Morgan fingerprint density at radius 1 is 1.31 bits per heavy atom. The van der Waals surface area contributed by atoms with Crippen LogP contribution in [0.15, 0.2) is 30.3 Å². The summed E-state index contributed by atoms with van der Waals surface area (Å²) in [7, 11) is 0. The summed E-state index contributed by atoms with van der Waals surface area (Å²) in [6, 6.07) is 9.29. The van der Waals surface area contributed by atoms with Gasteiger partial charge in [-0.2, -0.15) is 0 Å². The van der Waals surface area contributed by atoms with Gasteiger partial charge in [-0.05, 0) is 13.3 Å². The van der Waals surface area contributed by atoms with Crippen molar-refractivity contribution < 1.29 is 4.79 Å². The molecule has 0 unspecified atom stereocenters. The van der Waals surface area contributed by atoms with E-state index in [0.717, 1.165) is 17.0 Å². The molecule has 2 rings (SSSR count). The van der Waals surface area contributed by atoms with Crippen LogP contribution in [0.5, 0.6) is 0 Å². The average molecular weight is 231 g/mol. The lowest BCUT2D eigenvalue weighted by atomic mass is 10.1. The fraction of sp³-hybridized carbons (Fsp3) is 0.231. The van der Waals surface area contributed by atoms with Crippen LogP contribution in [0.3, 0.4) is 0 Å². The number of aryl methyl sites for hydroxylation is 2. The molecule has 0 aliphatic carbocycles. The first-order valence-corrected chi connectivity index (χ1v) is 6.10. The highest BCUT2D eigenvalue weighted by atomic mass is 32.1. The van der Waals surface area contributed by atoms with Gasteiger partial charge in [-0.15, -0.1) is 11.3 Å². The van der Waals surface area contributed by atoms with Gasteiger partial charge in [0.1, 0.15) is 0 Å². The molecule has 0 radical (unpaired) electrons. The molecule has 0 saturated carbocycles. The van der Waals surface area contributed by atoms with Crippen molar-refractivity contribution in [1.29, 1.82) is 0 Å². The first-order valence-electron chi connectivity index (χ1n) is 5.28. The standard InChI is InChI=1S/C13H13NOS/c1-3-11-9(2)16-13(14-11)12(15)10-7-5-4-6-8-10/h4-8H,3H2,1-2H3. The smallest absolute Gasteiger partial charge is 0.221 e. The van der Waals surface area contributed by atoms with Crippen LogP contribution in [0.2, 0.25) is 0 Å². The molecule has 0 spiro atoms. The van der Waals surface area contributed by atoms with Gasteiger partial charge >= 0.3 is 0 Å². The number of carbonyl (C=O) groups excluding carboxylic acids is 1. The Bertz CT molecular complexity index is 502. The third-order valence-electron chi connectivity index (χ3n) is 2.46. The minimum Gasteiger partial charge on any atom is -0.286 e. The van der Waals surface area contributed by atoms with Crippen molar-refractivity contribution >= 4 is 17.1 Å². The Morgan fingerprint density at radius 3 is 2.56 bits per heavy atom. The molecule has 16 heavy (non-hydrogen) atoms. The lowest BCUT2D eigenvalue weighted by molar-refractivity contribution is 0.103. The number of rotatable bonds is 3. The average Bonchev–Trinajstić information content (AvgIpc) is 2.71. The Balaban J connectivity index is 2.35. The van der Waals surface area contributed by atoms with Crippen LogP contribution in [0.4, 0.5) is 0 Å². The van der Waals surface area contributed by atoms with Gasteiger partial charge < -0.3 is 0 Å². The number of hydrogen-bond acceptors (Lipinski definition) is 3. The van der Waals surface area contributed by atoms with E-state index in [9.17, 15) is 4.79 Å². The van der Waals surface area contributed by atoms with Gasteiger partial charge in [0.25, 0.3) is 0 Å². The Morgan fingerprint density at radius 2 is 2.00 bits per heavy atom. The zero-order chi connectivity index (χ0) is 11.5. The fourth-order valence-electron chi connectivity index (χ4n) is 1.57. The van der Waals surface area contributed by atoms with Crippen molar-refractivity contribution in [2.45, 2.75) is 20.3 Å². The highest BCUT2D eigenvalue weighted by Crippen LogP contribution is 2.20. The van der Waals surface area contributed by atoms with Gasteiger partial charge in [0.15, 0.2) is 5.01 Å². The van der Waals surface area contributed by atoms with Crippen molar-refractivity contribution in [2.24, 2.45) is 0 Å². The predicted molar refractivity (Wildman–Crippen MR) is 66.1 cm³/mol. The number of benzene rings is 1. The van der Waals surface area contributed by atoms with Crippen LogP contribution >= 0.6 is 11.3 Å². The van der Waals surface area contributed by atoms with Crippen LogP contribution in [0, 0.1) is 6.92 Å². The molecule has 0 atom stereocenters. The maximum absolute atomic E-state index is 12.1.